The van der Waals surface area contributed by atoms with Crippen molar-refractivity contribution in [2.24, 2.45) is 5.73 Å². The molecule has 1 saturated heterocycles. The van der Waals surface area contributed by atoms with Gasteiger partial charge in [-0.3, -0.25) is 14.5 Å². The number of carbonyl (C=O) groups is 4. The van der Waals surface area contributed by atoms with Crippen LogP contribution in [0.4, 0.5) is 4.79 Å². The molecule has 2 atom stereocenters. The third-order valence-electron chi connectivity index (χ3n) is 4.29. The first-order chi connectivity index (χ1) is 12.7. The Balaban J connectivity index is 1.76. The van der Waals surface area contributed by atoms with Crippen LogP contribution in [0.25, 0.3) is 0 Å². The van der Waals surface area contributed by atoms with Crippen molar-refractivity contribution in [3.63, 3.8) is 0 Å². The molecule has 0 saturated carbocycles. The van der Waals surface area contributed by atoms with Crippen LogP contribution in [0.2, 0.25) is 0 Å². The number of fused-ring (bicyclic) bond motifs is 1. The average Bonchev–Trinajstić information content (AvgIpc) is 3.11. The Morgan fingerprint density at radius 2 is 2.26 bits per heavy atom. The molecule has 3 amide bonds. The van der Waals surface area contributed by atoms with Crippen LogP contribution in [0.5, 0.6) is 0 Å². The smallest absolute Gasteiger partial charge is 0.404 e. The molecule has 0 radical (unpaired) electrons. The fourth-order valence-electron chi connectivity index (χ4n) is 3.08. The first-order valence-corrected chi connectivity index (χ1v) is 8.95. The summed E-state index contributed by atoms with van der Waals surface area (Å²) in [5.74, 6) is -1.62. The zero-order chi connectivity index (χ0) is 19.8. The molecule has 2 aliphatic rings. The standard InChI is InChI=1S/C16H17N3O7S/c1-16(18-10(20)5-9-3-2-4-25-9)13(23)19-11(12(21)22)8(6-26-15(17)24)7-27-14(16)19/h2-4,14H,5-7H2,1H3,(H2,17,24)(H,18,20)(H,21,22)/t14-,16?/m0/s1. The highest BCUT2D eigenvalue weighted by Gasteiger charge is 2.62. The number of ether oxygens (including phenoxy) is 1. The van der Waals surface area contributed by atoms with Crippen LogP contribution in [-0.2, 0) is 25.5 Å². The lowest BCUT2D eigenvalue weighted by molar-refractivity contribution is -0.158. The topological polar surface area (TPSA) is 152 Å². The van der Waals surface area contributed by atoms with Crippen molar-refractivity contribution >= 4 is 35.6 Å². The largest absolute Gasteiger partial charge is 0.477 e. The lowest BCUT2D eigenvalue weighted by Gasteiger charge is -2.55. The van der Waals surface area contributed by atoms with Gasteiger partial charge in [-0.1, -0.05) is 0 Å². The van der Waals surface area contributed by atoms with Gasteiger partial charge in [0.25, 0.3) is 5.91 Å². The van der Waals surface area contributed by atoms with Gasteiger partial charge in [0.2, 0.25) is 5.91 Å². The van der Waals surface area contributed by atoms with Crippen LogP contribution < -0.4 is 11.1 Å². The minimum Gasteiger partial charge on any atom is -0.477 e. The third kappa shape index (κ3) is 3.37. The summed E-state index contributed by atoms with van der Waals surface area (Å²) in [6.07, 6.45) is 0.369. The van der Waals surface area contributed by atoms with Gasteiger partial charge in [0.05, 0.1) is 12.7 Å². The number of nitrogens with two attached hydrogens (primary N) is 1. The number of aliphatic carboxylic acids is 1. The number of furan rings is 1. The number of primary amides is 1. The zero-order valence-electron chi connectivity index (χ0n) is 14.3. The minimum atomic E-state index is -1.32. The SMILES string of the molecule is CC1(NC(=O)Cc2ccco2)C(=O)N2C(C(=O)O)=C(COC(N)=O)CS[C@H]21. The zero-order valence-corrected chi connectivity index (χ0v) is 15.1. The van der Waals surface area contributed by atoms with Crippen LogP contribution in [0.15, 0.2) is 34.1 Å². The molecule has 3 heterocycles. The predicted molar refractivity (Wildman–Crippen MR) is 92.2 cm³/mol. The van der Waals surface area contributed by atoms with Crippen LogP contribution in [0.3, 0.4) is 0 Å². The van der Waals surface area contributed by atoms with Gasteiger partial charge in [-0.15, -0.1) is 11.8 Å². The molecule has 1 fully saturated rings. The van der Waals surface area contributed by atoms with Gasteiger partial charge in [0.15, 0.2) is 0 Å². The molecule has 3 rings (SSSR count). The summed E-state index contributed by atoms with van der Waals surface area (Å²) in [4.78, 5) is 48.5. The van der Waals surface area contributed by atoms with E-state index in [2.05, 4.69) is 10.1 Å². The maximum absolute atomic E-state index is 12.7. The van der Waals surface area contributed by atoms with Gasteiger partial charge in [-0.2, -0.15) is 0 Å². The molecule has 0 aliphatic carbocycles. The van der Waals surface area contributed by atoms with Crippen LogP contribution >= 0.6 is 11.8 Å². The Labute approximate surface area is 157 Å². The summed E-state index contributed by atoms with van der Waals surface area (Å²) in [6.45, 7) is 1.23. The molecule has 0 bridgehead atoms. The Bertz CT molecular complexity index is 835. The molecular formula is C16H17N3O7S. The second-order valence-electron chi connectivity index (χ2n) is 6.21. The third-order valence-corrected chi connectivity index (χ3v) is 5.80. The van der Waals surface area contributed by atoms with Crippen molar-refractivity contribution in [2.45, 2.75) is 24.3 Å². The van der Waals surface area contributed by atoms with Crippen molar-refractivity contribution in [1.82, 2.24) is 10.2 Å². The van der Waals surface area contributed by atoms with Gasteiger partial charge >= 0.3 is 12.1 Å². The van der Waals surface area contributed by atoms with Gasteiger partial charge in [0.1, 0.15) is 29.0 Å². The second-order valence-corrected chi connectivity index (χ2v) is 7.28. The lowest BCUT2D eigenvalue weighted by atomic mass is 9.88. The van der Waals surface area contributed by atoms with Crippen molar-refractivity contribution in [3.05, 3.63) is 35.4 Å². The lowest BCUT2D eigenvalue weighted by Crippen LogP contribution is -2.78. The quantitative estimate of drug-likeness (QED) is 0.571. The van der Waals surface area contributed by atoms with Gasteiger partial charge in [-0.25, -0.2) is 9.59 Å². The van der Waals surface area contributed by atoms with Crippen molar-refractivity contribution in [2.75, 3.05) is 12.4 Å². The van der Waals surface area contributed by atoms with Crippen LogP contribution in [0.1, 0.15) is 12.7 Å². The molecule has 11 heteroatoms. The van der Waals surface area contributed by atoms with E-state index in [1.807, 2.05) is 0 Å². The van der Waals surface area contributed by atoms with Gasteiger partial charge in [0, 0.05) is 11.3 Å². The first-order valence-electron chi connectivity index (χ1n) is 7.90. The molecular weight excluding hydrogens is 378 g/mol. The normalized spacial score (nSPS) is 24.1. The van der Waals surface area contributed by atoms with E-state index in [9.17, 15) is 24.3 Å². The number of hydrogen-bond donors (Lipinski definition) is 3. The summed E-state index contributed by atoms with van der Waals surface area (Å²) in [6, 6.07) is 3.29. The fourth-order valence-corrected chi connectivity index (χ4v) is 4.50. The number of carbonyl (C=O) groups excluding carboxylic acids is 3. The highest BCUT2D eigenvalue weighted by Crippen LogP contribution is 2.46. The number of amides is 3. The maximum atomic E-state index is 12.7. The number of rotatable bonds is 6. The first kappa shape index (κ1) is 18.8. The van der Waals surface area contributed by atoms with Crippen molar-refractivity contribution < 1.29 is 33.4 Å². The minimum absolute atomic E-state index is 0.0351. The summed E-state index contributed by atoms with van der Waals surface area (Å²) < 4.78 is 9.78. The van der Waals surface area contributed by atoms with Crippen molar-refractivity contribution in [3.8, 4) is 0 Å². The number of nitrogens with zero attached hydrogens (tertiary/aromatic N) is 1. The molecule has 1 aromatic rings. The van der Waals surface area contributed by atoms with E-state index in [-0.39, 0.29) is 30.1 Å². The van der Waals surface area contributed by atoms with Crippen LogP contribution in [0, 0.1) is 0 Å². The number of carboxylic acid groups (broad SMARTS) is 1. The number of carboxylic acids is 1. The van der Waals surface area contributed by atoms with Gasteiger partial charge < -0.3 is 25.3 Å². The number of thioether (sulfide) groups is 1. The highest BCUT2D eigenvalue weighted by molar-refractivity contribution is 8.00. The molecule has 1 unspecified atom stereocenters. The molecule has 10 nitrogen and oxygen atoms in total. The summed E-state index contributed by atoms with van der Waals surface area (Å²) in [5, 5.41) is 11.6. The monoisotopic (exact) mass is 395 g/mol. The van der Waals surface area contributed by atoms with E-state index in [1.165, 1.54) is 18.0 Å². The molecule has 0 aromatic carbocycles. The van der Waals surface area contributed by atoms with E-state index in [0.29, 0.717) is 5.76 Å². The maximum Gasteiger partial charge on any atom is 0.404 e. The molecule has 2 aliphatic heterocycles. The summed E-state index contributed by atoms with van der Waals surface area (Å²) in [7, 11) is 0. The summed E-state index contributed by atoms with van der Waals surface area (Å²) >= 11 is 1.27. The average molecular weight is 395 g/mol. The molecule has 1 aromatic heterocycles. The van der Waals surface area contributed by atoms with E-state index in [0.717, 1.165) is 4.90 Å². The Morgan fingerprint density at radius 3 is 2.85 bits per heavy atom. The van der Waals surface area contributed by atoms with Crippen molar-refractivity contribution in [1.29, 1.82) is 0 Å². The Hall–Kier alpha value is -2.95. The molecule has 4 N–H and O–H groups in total. The number of nitrogens with one attached hydrogen (secondary N) is 1. The van der Waals surface area contributed by atoms with E-state index >= 15 is 0 Å². The second kappa shape index (κ2) is 6.99. The Kier molecular flexibility index (Phi) is 4.87. The molecule has 0 spiro atoms. The van der Waals surface area contributed by atoms with Crippen LogP contribution in [-0.4, -0.2) is 57.2 Å². The van der Waals surface area contributed by atoms with Gasteiger partial charge in [-0.05, 0) is 19.1 Å². The summed E-state index contributed by atoms with van der Waals surface area (Å²) in [5.41, 5.74) is 3.69. The highest BCUT2D eigenvalue weighted by atomic mass is 32.2. The molecule has 144 valence electrons. The predicted octanol–water partition coefficient (Wildman–Crippen LogP) is 0.0461. The van der Waals surface area contributed by atoms with E-state index in [4.69, 9.17) is 10.2 Å². The fraction of sp³-hybridized carbons (Fsp3) is 0.375. The molecule has 27 heavy (non-hydrogen) atoms. The van der Waals surface area contributed by atoms with E-state index < -0.39 is 34.8 Å². The van der Waals surface area contributed by atoms with E-state index in [1.54, 1.807) is 19.1 Å². The number of β-lactam (4-membered cyclic amide) rings is 1. The number of hydrogen-bond acceptors (Lipinski definition) is 7. The Morgan fingerprint density at radius 1 is 1.52 bits per heavy atom.